The van der Waals surface area contributed by atoms with Gasteiger partial charge in [-0.3, -0.25) is 4.79 Å². The van der Waals surface area contributed by atoms with Crippen molar-refractivity contribution in [1.29, 1.82) is 0 Å². The van der Waals surface area contributed by atoms with E-state index < -0.39 is 5.91 Å². The fourth-order valence-corrected chi connectivity index (χ4v) is 0.972. The fraction of sp³-hybridized carbons (Fsp3) is 0.100. The molecule has 4 nitrogen and oxygen atoms in total. The lowest BCUT2D eigenvalue weighted by Gasteiger charge is -2.04. The first-order chi connectivity index (χ1) is 6.65. The Kier molecular flexibility index (Phi) is 3.12. The molecule has 0 heterocycles. The molecule has 0 atom stereocenters. The number of nitrogens with one attached hydrogen (secondary N) is 1. The Morgan fingerprint density at radius 2 is 2.21 bits per heavy atom. The Bertz CT molecular complexity index is 360. The summed E-state index contributed by atoms with van der Waals surface area (Å²) in [6, 6.07) is 3.80. The largest absolute Gasteiger partial charge is 0.508 e. The lowest BCUT2D eigenvalue weighted by atomic mass is 10.2. The van der Waals surface area contributed by atoms with Crippen molar-refractivity contribution in [3.8, 4) is 11.5 Å². The van der Waals surface area contributed by atoms with Gasteiger partial charge in [-0.15, -0.1) is 6.58 Å². The van der Waals surface area contributed by atoms with E-state index >= 15 is 0 Å². The monoisotopic (exact) mass is 193 g/mol. The minimum Gasteiger partial charge on any atom is -0.508 e. The molecule has 1 aromatic carbocycles. The highest BCUT2D eigenvalue weighted by atomic mass is 16.3. The van der Waals surface area contributed by atoms with Crippen molar-refractivity contribution < 1.29 is 15.0 Å². The van der Waals surface area contributed by atoms with Crippen LogP contribution in [0.2, 0.25) is 0 Å². The Labute approximate surface area is 81.5 Å². The Hall–Kier alpha value is -1.97. The minimum atomic E-state index is -0.401. The van der Waals surface area contributed by atoms with E-state index in [2.05, 4.69) is 11.9 Å². The van der Waals surface area contributed by atoms with Gasteiger partial charge in [0, 0.05) is 12.6 Å². The van der Waals surface area contributed by atoms with Crippen LogP contribution in [0.5, 0.6) is 11.5 Å². The molecule has 0 aliphatic carbocycles. The van der Waals surface area contributed by atoms with Crippen LogP contribution in [0.15, 0.2) is 30.9 Å². The average molecular weight is 193 g/mol. The number of phenols is 2. The van der Waals surface area contributed by atoms with Crippen LogP contribution < -0.4 is 5.32 Å². The van der Waals surface area contributed by atoms with Crippen molar-refractivity contribution in [1.82, 2.24) is 5.32 Å². The van der Waals surface area contributed by atoms with Crippen molar-refractivity contribution in [2.75, 3.05) is 6.54 Å². The third-order valence-electron chi connectivity index (χ3n) is 1.63. The maximum atomic E-state index is 11.3. The molecule has 0 radical (unpaired) electrons. The number of benzene rings is 1. The number of carbonyl (C=O) groups excluding carboxylic acids is 1. The van der Waals surface area contributed by atoms with Gasteiger partial charge in [-0.25, -0.2) is 0 Å². The predicted octanol–water partition coefficient (Wildman–Crippen LogP) is 1.01. The predicted molar refractivity (Wildman–Crippen MR) is 52.3 cm³/mol. The maximum Gasteiger partial charge on any atom is 0.255 e. The van der Waals surface area contributed by atoms with Crippen LogP contribution in [-0.2, 0) is 0 Å². The van der Waals surface area contributed by atoms with Crippen LogP contribution in [-0.4, -0.2) is 22.7 Å². The van der Waals surface area contributed by atoms with Crippen LogP contribution in [0.4, 0.5) is 0 Å². The number of phenolic OH excluding ortho intramolecular Hbond substituents is 2. The molecule has 0 unspecified atom stereocenters. The molecule has 0 bridgehead atoms. The van der Waals surface area contributed by atoms with Crippen LogP contribution in [0.1, 0.15) is 10.4 Å². The summed E-state index contributed by atoms with van der Waals surface area (Å²) < 4.78 is 0. The van der Waals surface area contributed by atoms with Gasteiger partial charge in [-0.2, -0.15) is 0 Å². The van der Waals surface area contributed by atoms with Crippen molar-refractivity contribution in [3.63, 3.8) is 0 Å². The third-order valence-corrected chi connectivity index (χ3v) is 1.63. The van der Waals surface area contributed by atoms with Gasteiger partial charge in [0.2, 0.25) is 0 Å². The highest BCUT2D eigenvalue weighted by molar-refractivity contribution is 5.97. The van der Waals surface area contributed by atoms with Gasteiger partial charge in [-0.05, 0) is 12.1 Å². The van der Waals surface area contributed by atoms with Gasteiger partial charge in [0.1, 0.15) is 11.5 Å². The quantitative estimate of drug-likeness (QED) is 0.627. The van der Waals surface area contributed by atoms with Crippen LogP contribution in [0.3, 0.4) is 0 Å². The molecule has 14 heavy (non-hydrogen) atoms. The van der Waals surface area contributed by atoms with Gasteiger partial charge in [0.15, 0.2) is 0 Å². The first kappa shape index (κ1) is 10.1. The number of carbonyl (C=O) groups is 1. The lowest BCUT2D eigenvalue weighted by Crippen LogP contribution is -2.23. The fourth-order valence-electron chi connectivity index (χ4n) is 0.972. The number of hydrogen-bond donors (Lipinski definition) is 3. The zero-order chi connectivity index (χ0) is 10.6. The summed E-state index contributed by atoms with van der Waals surface area (Å²) in [7, 11) is 0. The molecule has 1 aromatic rings. The Morgan fingerprint density at radius 3 is 2.79 bits per heavy atom. The second-order valence-electron chi connectivity index (χ2n) is 2.70. The molecule has 0 aliphatic rings. The van der Waals surface area contributed by atoms with Gasteiger partial charge in [0.05, 0.1) is 5.56 Å². The van der Waals surface area contributed by atoms with Gasteiger partial charge in [0.25, 0.3) is 5.91 Å². The van der Waals surface area contributed by atoms with E-state index in [1.165, 1.54) is 18.2 Å². The number of hydrogen-bond acceptors (Lipinski definition) is 3. The smallest absolute Gasteiger partial charge is 0.255 e. The second-order valence-corrected chi connectivity index (χ2v) is 2.70. The molecule has 3 N–H and O–H groups in total. The van der Waals surface area contributed by atoms with Gasteiger partial charge >= 0.3 is 0 Å². The van der Waals surface area contributed by atoms with Crippen LogP contribution in [0, 0.1) is 0 Å². The standard InChI is InChI=1S/C10H11NO3/c1-2-5-11-10(14)8-4-3-7(12)6-9(8)13/h2-4,6,12-13H,1,5H2,(H,11,14). The first-order valence-electron chi connectivity index (χ1n) is 4.06. The Morgan fingerprint density at radius 1 is 1.50 bits per heavy atom. The van der Waals surface area contributed by atoms with E-state index in [1.807, 2.05) is 0 Å². The Balaban J connectivity index is 2.84. The molecule has 0 aliphatic heterocycles. The molecule has 4 heteroatoms. The van der Waals surface area contributed by atoms with E-state index in [4.69, 9.17) is 5.11 Å². The zero-order valence-electron chi connectivity index (χ0n) is 7.53. The SMILES string of the molecule is C=CCNC(=O)c1ccc(O)cc1O. The van der Waals surface area contributed by atoms with E-state index in [-0.39, 0.29) is 17.1 Å². The van der Waals surface area contributed by atoms with Crippen LogP contribution >= 0.6 is 0 Å². The van der Waals surface area contributed by atoms with Gasteiger partial charge < -0.3 is 15.5 Å². The maximum absolute atomic E-state index is 11.3. The summed E-state index contributed by atoms with van der Waals surface area (Å²) in [6.07, 6.45) is 1.54. The average Bonchev–Trinajstić information content (AvgIpc) is 2.14. The van der Waals surface area contributed by atoms with E-state index in [1.54, 1.807) is 0 Å². The highest BCUT2D eigenvalue weighted by Crippen LogP contribution is 2.22. The molecule has 1 amide bonds. The summed E-state index contributed by atoms with van der Waals surface area (Å²) in [5, 5.41) is 20.8. The first-order valence-corrected chi connectivity index (χ1v) is 4.06. The van der Waals surface area contributed by atoms with Crippen molar-refractivity contribution in [2.24, 2.45) is 0 Å². The van der Waals surface area contributed by atoms with Gasteiger partial charge in [-0.1, -0.05) is 6.08 Å². The van der Waals surface area contributed by atoms with E-state index in [0.29, 0.717) is 6.54 Å². The summed E-state index contributed by atoms with van der Waals surface area (Å²) in [5.41, 5.74) is 0.129. The normalized spacial score (nSPS) is 9.43. The molecular weight excluding hydrogens is 182 g/mol. The molecule has 1 rings (SSSR count). The molecule has 0 spiro atoms. The van der Waals surface area contributed by atoms with E-state index in [9.17, 15) is 9.90 Å². The molecular formula is C10H11NO3. The van der Waals surface area contributed by atoms with Crippen molar-refractivity contribution in [3.05, 3.63) is 36.4 Å². The third kappa shape index (κ3) is 2.26. The summed E-state index contributed by atoms with van der Waals surface area (Å²) in [5.74, 6) is -0.725. The molecule has 74 valence electrons. The molecule has 0 saturated heterocycles. The molecule has 0 aromatic heterocycles. The molecule has 0 saturated carbocycles. The number of aromatic hydroxyl groups is 2. The highest BCUT2D eigenvalue weighted by Gasteiger charge is 2.09. The number of amides is 1. The number of rotatable bonds is 3. The lowest BCUT2D eigenvalue weighted by molar-refractivity contribution is 0.0955. The summed E-state index contributed by atoms with van der Waals surface area (Å²) in [4.78, 5) is 11.3. The second kappa shape index (κ2) is 4.32. The minimum absolute atomic E-state index is 0.0808. The topological polar surface area (TPSA) is 69.6 Å². The van der Waals surface area contributed by atoms with E-state index in [0.717, 1.165) is 6.07 Å². The van der Waals surface area contributed by atoms with Crippen LogP contribution in [0.25, 0.3) is 0 Å². The van der Waals surface area contributed by atoms with Crippen molar-refractivity contribution in [2.45, 2.75) is 0 Å². The summed E-state index contributed by atoms with van der Waals surface area (Å²) in [6.45, 7) is 3.78. The zero-order valence-corrected chi connectivity index (χ0v) is 7.53. The van der Waals surface area contributed by atoms with Crippen molar-refractivity contribution >= 4 is 5.91 Å². The summed E-state index contributed by atoms with van der Waals surface area (Å²) >= 11 is 0. The molecule has 0 fully saturated rings.